The SMILES string of the molecule is Cc1ccc(N)c(NC2CCOCC2)n1. The Morgan fingerprint density at radius 2 is 2.13 bits per heavy atom. The molecule has 0 aliphatic carbocycles. The van der Waals surface area contributed by atoms with E-state index < -0.39 is 0 Å². The first-order chi connectivity index (χ1) is 7.25. The molecule has 0 amide bonds. The van der Waals surface area contributed by atoms with E-state index in [-0.39, 0.29) is 0 Å². The Morgan fingerprint density at radius 3 is 2.87 bits per heavy atom. The van der Waals surface area contributed by atoms with E-state index in [1.807, 2.05) is 19.1 Å². The van der Waals surface area contributed by atoms with E-state index in [2.05, 4.69) is 10.3 Å². The molecule has 0 radical (unpaired) electrons. The first-order valence-corrected chi connectivity index (χ1v) is 5.33. The van der Waals surface area contributed by atoms with Crippen molar-refractivity contribution in [2.45, 2.75) is 25.8 Å². The summed E-state index contributed by atoms with van der Waals surface area (Å²) in [5.41, 5.74) is 7.55. The van der Waals surface area contributed by atoms with Gasteiger partial charge in [-0.2, -0.15) is 0 Å². The Hall–Kier alpha value is -1.29. The van der Waals surface area contributed by atoms with E-state index in [1.165, 1.54) is 0 Å². The minimum atomic E-state index is 0.440. The fraction of sp³-hybridized carbons (Fsp3) is 0.545. The molecular formula is C11H17N3O. The number of nitrogens with zero attached hydrogens (tertiary/aromatic N) is 1. The molecule has 3 N–H and O–H groups in total. The first-order valence-electron chi connectivity index (χ1n) is 5.33. The van der Waals surface area contributed by atoms with Crippen LogP contribution in [0.2, 0.25) is 0 Å². The maximum absolute atomic E-state index is 5.85. The predicted octanol–water partition coefficient (Wildman–Crippen LogP) is 1.56. The van der Waals surface area contributed by atoms with Gasteiger partial charge in [-0.3, -0.25) is 0 Å². The summed E-state index contributed by atoms with van der Waals surface area (Å²) < 4.78 is 5.30. The standard InChI is InChI=1S/C11H17N3O/c1-8-2-3-10(12)11(13-8)14-9-4-6-15-7-5-9/h2-3,9H,4-7,12H2,1H3,(H,13,14). The minimum Gasteiger partial charge on any atom is -0.396 e. The predicted molar refractivity (Wildman–Crippen MR) is 60.9 cm³/mol. The lowest BCUT2D eigenvalue weighted by Gasteiger charge is -2.24. The van der Waals surface area contributed by atoms with E-state index in [0.29, 0.717) is 11.7 Å². The molecule has 0 unspecified atom stereocenters. The van der Waals surface area contributed by atoms with E-state index in [9.17, 15) is 0 Å². The quantitative estimate of drug-likeness (QED) is 0.772. The number of nitrogens with one attached hydrogen (secondary N) is 1. The second kappa shape index (κ2) is 4.49. The lowest BCUT2D eigenvalue weighted by molar-refractivity contribution is 0.0904. The van der Waals surface area contributed by atoms with Crippen LogP contribution < -0.4 is 11.1 Å². The molecule has 2 heterocycles. The van der Waals surface area contributed by atoms with Crippen molar-refractivity contribution in [3.63, 3.8) is 0 Å². The minimum absolute atomic E-state index is 0.440. The number of aromatic nitrogens is 1. The molecule has 1 aromatic rings. The highest BCUT2D eigenvalue weighted by Gasteiger charge is 2.14. The van der Waals surface area contributed by atoms with Gasteiger partial charge in [-0.1, -0.05) is 0 Å². The second-order valence-electron chi connectivity index (χ2n) is 3.92. The van der Waals surface area contributed by atoms with Gasteiger partial charge in [0.25, 0.3) is 0 Å². The number of hydrogen-bond acceptors (Lipinski definition) is 4. The van der Waals surface area contributed by atoms with Crippen LogP contribution >= 0.6 is 0 Å². The largest absolute Gasteiger partial charge is 0.396 e. The van der Waals surface area contributed by atoms with Crippen molar-refractivity contribution in [2.24, 2.45) is 0 Å². The van der Waals surface area contributed by atoms with Gasteiger partial charge in [0.05, 0.1) is 5.69 Å². The fourth-order valence-corrected chi connectivity index (χ4v) is 1.72. The zero-order valence-corrected chi connectivity index (χ0v) is 8.99. The number of aryl methyl sites for hydroxylation is 1. The summed E-state index contributed by atoms with van der Waals surface area (Å²) in [6.45, 7) is 3.61. The topological polar surface area (TPSA) is 60.2 Å². The molecule has 1 aromatic heterocycles. The molecule has 0 bridgehead atoms. The number of rotatable bonds is 2. The highest BCUT2D eigenvalue weighted by molar-refractivity contribution is 5.61. The first kappa shape index (κ1) is 10.2. The summed E-state index contributed by atoms with van der Waals surface area (Å²) in [6.07, 6.45) is 2.05. The van der Waals surface area contributed by atoms with Crippen molar-refractivity contribution in [3.8, 4) is 0 Å². The molecule has 4 heteroatoms. The molecule has 2 rings (SSSR count). The van der Waals surface area contributed by atoms with Gasteiger partial charge in [0.2, 0.25) is 0 Å². The average Bonchev–Trinajstić information content (AvgIpc) is 2.25. The van der Waals surface area contributed by atoms with E-state index in [0.717, 1.165) is 37.6 Å². The molecule has 0 saturated carbocycles. The van der Waals surface area contributed by atoms with Crippen LogP contribution in [-0.4, -0.2) is 24.2 Å². The molecule has 1 aliphatic rings. The second-order valence-corrected chi connectivity index (χ2v) is 3.92. The van der Waals surface area contributed by atoms with Crippen LogP contribution in [0.1, 0.15) is 18.5 Å². The molecule has 4 nitrogen and oxygen atoms in total. The molecule has 0 aromatic carbocycles. The summed E-state index contributed by atoms with van der Waals surface area (Å²) >= 11 is 0. The Balaban J connectivity index is 2.05. The van der Waals surface area contributed by atoms with E-state index in [4.69, 9.17) is 10.5 Å². The monoisotopic (exact) mass is 207 g/mol. The maximum Gasteiger partial charge on any atom is 0.149 e. The van der Waals surface area contributed by atoms with Crippen LogP contribution in [0.25, 0.3) is 0 Å². The highest BCUT2D eigenvalue weighted by Crippen LogP contribution is 2.19. The Labute approximate surface area is 89.8 Å². The van der Waals surface area contributed by atoms with E-state index >= 15 is 0 Å². The molecule has 0 atom stereocenters. The third-order valence-corrected chi connectivity index (χ3v) is 2.63. The third-order valence-electron chi connectivity index (χ3n) is 2.63. The van der Waals surface area contributed by atoms with Crippen LogP contribution in [-0.2, 0) is 4.74 Å². The lowest BCUT2D eigenvalue weighted by Crippen LogP contribution is -2.28. The molecule has 1 saturated heterocycles. The Kier molecular flexibility index (Phi) is 3.06. The van der Waals surface area contributed by atoms with Gasteiger partial charge in [0, 0.05) is 24.9 Å². The average molecular weight is 207 g/mol. The number of nitrogen functional groups attached to an aromatic ring is 1. The molecule has 1 aliphatic heterocycles. The van der Waals surface area contributed by atoms with Crippen molar-refractivity contribution < 1.29 is 4.74 Å². The zero-order chi connectivity index (χ0) is 10.7. The third kappa shape index (κ3) is 2.59. The van der Waals surface area contributed by atoms with Crippen molar-refractivity contribution >= 4 is 11.5 Å². The van der Waals surface area contributed by atoms with Gasteiger partial charge in [-0.05, 0) is 31.9 Å². The van der Waals surface area contributed by atoms with Crippen LogP contribution in [0.5, 0.6) is 0 Å². The van der Waals surface area contributed by atoms with Gasteiger partial charge >= 0.3 is 0 Å². The van der Waals surface area contributed by atoms with Crippen molar-refractivity contribution in [1.29, 1.82) is 0 Å². The van der Waals surface area contributed by atoms with Crippen LogP contribution in [0.15, 0.2) is 12.1 Å². The number of pyridine rings is 1. The van der Waals surface area contributed by atoms with Crippen LogP contribution in [0.3, 0.4) is 0 Å². The van der Waals surface area contributed by atoms with Crippen LogP contribution in [0.4, 0.5) is 11.5 Å². The van der Waals surface area contributed by atoms with Gasteiger partial charge in [0.1, 0.15) is 5.82 Å². The normalized spacial score (nSPS) is 17.7. The summed E-state index contributed by atoms with van der Waals surface area (Å²) in [6, 6.07) is 4.25. The van der Waals surface area contributed by atoms with Crippen molar-refractivity contribution in [3.05, 3.63) is 17.8 Å². The Bertz CT molecular complexity index is 335. The molecule has 0 spiro atoms. The lowest BCUT2D eigenvalue weighted by atomic mass is 10.1. The fourth-order valence-electron chi connectivity index (χ4n) is 1.72. The van der Waals surface area contributed by atoms with Gasteiger partial charge in [-0.25, -0.2) is 4.98 Å². The van der Waals surface area contributed by atoms with Gasteiger partial charge < -0.3 is 15.8 Å². The molecule has 1 fully saturated rings. The van der Waals surface area contributed by atoms with Gasteiger partial charge in [-0.15, -0.1) is 0 Å². The number of anilines is 2. The summed E-state index contributed by atoms with van der Waals surface area (Å²) in [7, 11) is 0. The summed E-state index contributed by atoms with van der Waals surface area (Å²) in [5.74, 6) is 0.807. The number of ether oxygens (including phenoxy) is 1. The van der Waals surface area contributed by atoms with Gasteiger partial charge in [0.15, 0.2) is 0 Å². The Morgan fingerprint density at radius 1 is 1.40 bits per heavy atom. The highest BCUT2D eigenvalue weighted by atomic mass is 16.5. The smallest absolute Gasteiger partial charge is 0.149 e. The summed E-state index contributed by atoms with van der Waals surface area (Å²) in [5, 5.41) is 3.37. The number of hydrogen-bond donors (Lipinski definition) is 2. The molecule has 82 valence electrons. The van der Waals surface area contributed by atoms with Crippen molar-refractivity contribution in [1.82, 2.24) is 4.98 Å². The van der Waals surface area contributed by atoms with E-state index in [1.54, 1.807) is 0 Å². The summed E-state index contributed by atoms with van der Waals surface area (Å²) in [4.78, 5) is 4.39. The zero-order valence-electron chi connectivity index (χ0n) is 8.99. The number of nitrogens with two attached hydrogens (primary N) is 1. The molecule has 15 heavy (non-hydrogen) atoms. The maximum atomic E-state index is 5.85. The molecular weight excluding hydrogens is 190 g/mol. The van der Waals surface area contributed by atoms with Crippen molar-refractivity contribution in [2.75, 3.05) is 24.3 Å². The van der Waals surface area contributed by atoms with Crippen LogP contribution in [0, 0.1) is 6.92 Å².